The summed E-state index contributed by atoms with van der Waals surface area (Å²) in [5.41, 5.74) is 1.14. The molecule has 138 valence electrons. The SMILES string of the molecule is O=c1cc(-c2ccc([N+](=O)[O-])cc2)c2ccc(OC[C@H]3CC3(Cl)Cl)cc2o1. The van der Waals surface area contributed by atoms with Crippen LogP contribution in [0.4, 0.5) is 5.69 Å². The molecule has 3 aromatic rings. The van der Waals surface area contributed by atoms with Crippen LogP contribution < -0.4 is 10.4 Å². The van der Waals surface area contributed by atoms with Crippen molar-refractivity contribution in [2.24, 2.45) is 5.92 Å². The molecule has 0 N–H and O–H groups in total. The fourth-order valence-corrected chi connectivity index (χ4v) is 3.38. The van der Waals surface area contributed by atoms with Crippen LogP contribution in [0.15, 0.2) is 57.7 Å². The van der Waals surface area contributed by atoms with Crippen molar-refractivity contribution in [1.82, 2.24) is 0 Å². The Balaban J connectivity index is 1.67. The second-order valence-electron chi connectivity index (χ2n) is 6.41. The molecule has 1 fully saturated rings. The number of nitrogens with zero attached hydrogens (tertiary/aromatic N) is 1. The minimum Gasteiger partial charge on any atom is -0.493 e. The Labute approximate surface area is 163 Å². The highest BCUT2D eigenvalue weighted by atomic mass is 35.5. The minimum atomic E-state index is -0.716. The number of fused-ring (bicyclic) bond motifs is 1. The maximum absolute atomic E-state index is 12.0. The maximum Gasteiger partial charge on any atom is 0.336 e. The summed E-state index contributed by atoms with van der Waals surface area (Å²) in [6.07, 6.45) is 0.684. The normalized spacial score (nSPS) is 17.6. The third-order valence-corrected chi connectivity index (χ3v) is 5.44. The minimum absolute atomic E-state index is 0.0172. The van der Waals surface area contributed by atoms with Crippen molar-refractivity contribution in [3.05, 3.63) is 69.1 Å². The van der Waals surface area contributed by atoms with Crippen LogP contribution in [-0.4, -0.2) is 15.9 Å². The van der Waals surface area contributed by atoms with E-state index in [1.165, 1.54) is 18.2 Å². The second-order valence-corrected chi connectivity index (χ2v) is 7.96. The molecule has 0 radical (unpaired) electrons. The lowest BCUT2D eigenvalue weighted by Gasteiger charge is -2.09. The molecule has 1 aromatic heterocycles. The Bertz CT molecular complexity index is 1090. The van der Waals surface area contributed by atoms with Crippen molar-refractivity contribution >= 4 is 39.9 Å². The van der Waals surface area contributed by atoms with Gasteiger partial charge in [-0.25, -0.2) is 4.79 Å². The van der Waals surface area contributed by atoms with Gasteiger partial charge >= 0.3 is 5.63 Å². The molecule has 2 aromatic carbocycles. The lowest BCUT2D eigenvalue weighted by atomic mass is 10.0. The number of nitro groups is 1. The van der Waals surface area contributed by atoms with Gasteiger partial charge in [-0.3, -0.25) is 10.1 Å². The van der Waals surface area contributed by atoms with E-state index in [0.29, 0.717) is 40.9 Å². The third-order valence-electron chi connectivity index (χ3n) is 4.51. The van der Waals surface area contributed by atoms with Gasteiger partial charge in [0, 0.05) is 35.6 Å². The zero-order chi connectivity index (χ0) is 19.2. The third kappa shape index (κ3) is 3.63. The van der Waals surface area contributed by atoms with E-state index < -0.39 is 14.9 Å². The molecule has 1 heterocycles. The van der Waals surface area contributed by atoms with E-state index in [1.54, 1.807) is 30.3 Å². The Morgan fingerprint density at radius 1 is 1.19 bits per heavy atom. The Kier molecular flexibility index (Phi) is 4.32. The molecule has 1 saturated carbocycles. The van der Waals surface area contributed by atoms with Crippen LogP contribution in [0.3, 0.4) is 0 Å². The van der Waals surface area contributed by atoms with Crippen molar-refractivity contribution in [3.63, 3.8) is 0 Å². The highest BCUT2D eigenvalue weighted by Gasteiger charge is 2.52. The van der Waals surface area contributed by atoms with E-state index in [2.05, 4.69) is 0 Å². The van der Waals surface area contributed by atoms with Gasteiger partial charge in [0.05, 0.1) is 11.5 Å². The van der Waals surface area contributed by atoms with Gasteiger partial charge in [-0.15, -0.1) is 23.2 Å². The van der Waals surface area contributed by atoms with Crippen LogP contribution in [0.2, 0.25) is 0 Å². The van der Waals surface area contributed by atoms with E-state index in [0.717, 1.165) is 0 Å². The van der Waals surface area contributed by atoms with Gasteiger partial charge in [0.1, 0.15) is 15.7 Å². The van der Waals surface area contributed by atoms with Crippen LogP contribution in [0.1, 0.15) is 6.42 Å². The number of halogens is 2. The average molecular weight is 406 g/mol. The molecule has 0 bridgehead atoms. The monoisotopic (exact) mass is 405 g/mol. The average Bonchev–Trinajstić information content (AvgIpc) is 3.25. The topological polar surface area (TPSA) is 82.6 Å². The Morgan fingerprint density at radius 3 is 2.52 bits per heavy atom. The van der Waals surface area contributed by atoms with Crippen molar-refractivity contribution in [2.45, 2.75) is 10.8 Å². The largest absolute Gasteiger partial charge is 0.493 e. The summed E-state index contributed by atoms with van der Waals surface area (Å²) < 4.78 is 10.3. The molecule has 1 aliphatic rings. The summed E-state index contributed by atoms with van der Waals surface area (Å²) in [7, 11) is 0. The highest BCUT2D eigenvalue weighted by molar-refractivity contribution is 6.50. The Morgan fingerprint density at radius 2 is 1.89 bits per heavy atom. The Hall–Kier alpha value is -2.57. The number of rotatable bonds is 5. The molecule has 1 atom stereocenters. The van der Waals surface area contributed by atoms with Gasteiger partial charge in [-0.05, 0) is 41.8 Å². The molecule has 4 rings (SSSR count). The van der Waals surface area contributed by atoms with Gasteiger partial charge < -0.3 is 9.15 Å². The lowest BCUT2D eigenvalue weighted by Crippen LogP contribution is -2.04. The summed E-state index contributed by atoms with van der Waals surface area (Å²) in [5.74, 6) is 0.623. The van der Waals surface area contributed by atoms with Crippen LogP contribution in [0, 0.1) is 16.0 Å². The van der Waals surface area contributed by atoms with Crippen molar-refractivity contribution in [1.29, 1.82) is 0 Å². The molecular formula is C19H13Cl2NO5. The van der Waals surface area contributed by atoms with E-state index in [-0.39, 0.29) is 11.6 Å². The summed E-state index contributed by atoms with van der Waals surface area (Å²) in [4.78, 5) is 22.3. The van der Waals surface area contributed by atoms with Crippen LogP contribution in [0.5, 0.6) is 5.75 Å². The van der Waals surface area contributed by atoms with E-state index >= 15 is 0 Å². The van der Waals surface area contributed by atoms with Gasteiger partial charge in [0.2, 0.25) is 0 Å². The molecule has 8 heteroatoms. The van der Waals surface area contributed by atoms with Gasteiger partial charge in [0.25, 0.3) is 5.69 Å². The number of nitro benzene ring substituents is 1. The van der Waals surface area contributed by atoms with Gasteiger partial charge in [-0.1, -0.05) is 0 Å². The number of non-ortho nitro benzene ring substituents is 1. The number of benzene rings is 2. The van der Waals surface area contributed by atoms with Gasteiger partial charge in [0.15, 0.2) is 0 Å². The van der Waals surface area contributed by atoms with Crippen LogP contribution >= 0.6 is 23.2 Å². The second kappa shape index (κ2) is 6.55. The maximum atomic E-state index is 12.0. The number of hydrogen-bond donors (Lipinski definition) is 0. The predicted molar refractivity (Wildman–Crippen MR) is 103 cm³/mol. The first-order valence-electron chi connectivity index (χ1n) is 8.17. The van der Waals surface area contributed by atoms with E-state index in [4.69, 9.17) is 32.4 Å². The molecule has 1 aliphatic carbocycles. The molecule has 6 nitrogen and oxygen atoms in total. The van der Waals surface area contributed by atoms with Gasteiger partial charge in [-0.2, -0.15) is 0 Å². The number of ether oxygens (including phenoxy) is 1. The van der Waals surface area contributed by atoms with E-state index in [9.17, 15) is 14.9 Å². The summed E-state index contributed by atoms with van der Waals surface area (Å²) in [6, 6.07) is 12.5. The first-order chi connectivity index (χ1) is 12.8. The fraction of sp³-hybridized carbons (Fsp3) is 0.211. The first-order valence-corrected chi connectivity index (χ1v) is 8.92. The van der Waals surface area contributed by atoms with Crippen molar-refractivity contribution in [2.75, 3.05) is 6.61 Å². The van der Waals surface area contributed by atoms with Crippen molar-refractivity contribution in [3.8, 4) is 16.9 Å². The molecule has 0 aliphatic heterocycles. The van der Waals surface area contributed by atoms with Crippen molar-refractivity contribution < 1.29 is 14.1 Å². The number of hydrogen-bond acceptors (Lipinski definition) is 5. The highest BCUT2D eigenvalue weighted by Crippen LogP contribution is 2.53. The first kappa shape index (κ1) is 17.8. The lowest BCUT2D eigenvalue weighted by molar-refractivity contribution is -0.384. The van der Waals surface area contributed by atoms with E-state index in [1.807, 2.05) is 0 Å². The smallest absolute Gasteiger partial charge is 0.336 e. The molecule has 0 amide bonds. The summed E-state index contributed by atoms with van der Waals surface area (Å²) >= 11 is 12.0. The predicted octanol–water partition coefficient (Wildman–Crippen LogP) is 4.94. The van der Waals surface area contributed by atoms with Crippen LogP contribution in [0.25, 0.3) is 22.1 Å². The standard InChI is InChI=1S/C19H13Cl2NO5/c20-19(21)9-12(19)10-26-14-5-6-15-16(8-18(23)27-17(15)7-14)11-1-3-13(4-2-11)22(24)25/h1-8,12H,9-10H2/t12-/m1/s1. The number of alkyl halides is 2. The summed E-state index contributed by atoms with van der Waals surface area (Å²) in [5, 5.41) is 11.5. The molecule has 0 saturated heterocycles. The molecule has 0 spiro atoms. The summed E-state index contributed by atoms with van der Waals surface area (Å²) in [6.45, 7) is 0.380. The zero-order valence-electron chi connectivity index (χ0n) is 13.9. The van der Waals surface area contributed by atoms with Crippen LogP contribution in [-0.2, 0) is 0 Å². The zero-order valence-corrected chi connectivity index (χ0v) is 15.4. The molecule has 0 unspecified atom stereocenters. The quantitative estimate of drug-likeness (QED) is 0.259. The molecule has 27 heavy (non-hydrogen) atoms. The molecular weight excluding hydrogens is 393 g/mol. The fourth-order valence-electron chi connectivity index (χ4n) is 2.88.